The van der Waals surface area contributed by atoms with Crippen molar-refractivity contribution >= 4 is 11.5 Å². The Morgan fingerprint density at radius 2 is 2.04 bits per heavy atom. The van der Waals surface area contributed by atoms with Gasteiger partial charge in [-0.25, -0.2) is 9.78 Å². The number of fused-ring (bicyclic) bond motifs is 1. The maximum absolute atomic E-state index is 13.1. The van der Waals surface area contributed by atoms with Crippen molar-refractivity contribution in [3.05, 3.63) is 64.3 Å². The second kappa shape index (κ2) is 6.93. The van der Waals surface area contributed by atoms with Gasteiger partial charge in [0, 0.05) is 44.1 Å². The van der Waals surface area contributed by atoms with Crippen molar-refractivity contribution in [3.8, 4) is 0 Å². The summed E-state index contributed by atoms with van der Waals surface area (Å²) in [4.78, 5) is 19.6. The molecule has 0 aliphatic carbocycles. The van der Waals surface area contributed by atoms with Gasteiger partial charge in [-0.2, -0.15) is 0 Å². The summed E-state index contributed by atoms with van der Waals surface area (Å²) in [5, 5.41) is 0. The maximum Gasteiger partial charge on any atom is 0.335 e. The quantitative estimate of drug-likeness (QED) is 0.728. The predicted molar refractivity (Wildman–Crippen MR) is 102 cm³/mol. The molecule has 1 aliphatic heterocycles. The Balaban J connectivity index is 1.84. The van der Waals surface area contributed by atoms with E-state index in [2.05, 4.69) is 9.88 Å². The largest absolute Gasteiger partial charge is 0.356 e. The minimum absolute atomic E-state index is 0.0963. The van der Waals surface area contributed by atoms with Crippen molar-refractivity contribution in [2.45, 2.75) is 32.0 Å². The van der Waals surface area contributed by atoms with Crippen molar-refractivity contribution in [2.24, 2.45) is 11.5 Å². The molecule has 0 amide bonds. The summed E-state index contributed by atoms with van der Waals surface area (Å²) in [6.07, 6.45) is 5.39. The van der Waals surface area contributed by atoms with Crippen LogP contribution in [-0.4, -0.2) is 33.1 Å². The first-order valence-corrected chi connectivity index (χ1v) is 9.01. The van der Waals surface area contributed by atoms with E-state index in [4.69, 9.17) is 11.5 Å². The molecule has 7 nitrogen and oxygen atoms in total. The van der Waals surface area contributed by atoms with E-state index in [-0.39, 0.29) is 11.7 Å². The van der Waals surface area contributed by atoms with E-state index in [1.807, 2.05) is 30.3 Å². The van der Waals surface area contributed by atoms with E-state index in [0.29, 0.717) is 18.7 Å². The molecule has 1 saturated heterocycles. The second-order valence-corrected chi connectivity index (χ2v) is 6.85. The Labute approximate surface area is 151 Å². The van der Waals surface area contributed by atoms with Gasteiger partial charge in [-0.05, 0) is 24.0 Å². The van der Waals surface area contributed by atoms with Crippen LogP contribution < -0.4 is 22.1 Å². The average Bonchev–Trinajstić information content (AvgIpc) is 3.13. The Morgan fingerprint density at radius 3 is 2.81 bits per heavy atom. The first kappa shape index (κ1) is 16.8. The van der Waals surface area contributed by atoms with Gasteiger partial charge in [0.2, 0.25) is 0 Å². The molecular formula is C19H24N6O. The van der Waals surface area contributed by atoms with E-state index in [1.165, 1.54) is 0 Å². The van der Waals surface area contributed by atoms with Crippen LogP contribution in [-0.2, 0) is 13.1 Å². The Hall–Kier alpha value is -2.64. The number of aromatic nitrogens is 3. The van der Waals surface area contributed by atoms with Crippen molar-refractivity contribution in [1.82, 2.24) is 14.0 Å². The Morgan fingerprint density at radius 1 is 1.23 bits per heavy atom. The summed E-state index contributed by atoms with van der Waals surface area (Å²) in [7, 11) is 0. The van der Waals surface area contributed by atoms with Gasteiger partial charge in [0.1, 0.15) is 11.5 Å². The maximum atomic E-state index is 13.1. The fourth-order valence-corrected chi connectivity index (χ4v) is 3.71. The summed E-state index contributed by atoms with van der Waals surface area (Å²) in [6.45, 7) is 2.56. The third kappa shape index (κ3) is 3.00. The highest BCUT2D eigenvalue weighted by Gasteiger charge is 2.22. The molecule has 136 valence electrons. The molecule has 0 radical (unpaired) electrons. The molecule has 3 aromatic rings. The minimum Gasteiger partial charge on any atom is -0.356 e. The molecule has 1 aromatic carbocycles. The zero-order valence-electron chi connectivity index (χ0n) is 14.7. The highest BCUT2D eigenvalue weighted by molar-refractivity contribution is 5.53. The van der Waals surface area contributed by atoms with E-state index >= 15 is 0 Å². The first-order chi connectivity index (χ1) is 12.7. The van der Waals surface area contributed by atoms with Crippen molar-refractivity contribution in [2.75, 3.05) is 18.0 Å². The molecule has 0 spiro atoms. The lowest BCUT2D eigenvalue weighted by atomic mass is 10.1. The van der Waals surface area contributed by atoms with Gasteiger partial charge in [-0.1, -0.05) is 24.3 Å². The van der Waals surface area contributed by atoms with Crippen LogP contribution in [0, 0.1) is 0 Å². The lowest BCUT2D eigenvalue weighted by molar-refractivity contribution is 0.494. The SMILES string of the molecule is NCc1ccccc1Cn1c(N2CCCC(N)C2)cc2nccn2c1=O. The Bertz CT molecular complexity index is 976. The van der Waals surface area contributed by atoms with Crippen LogP contribution in [0.15, 0.2) is 47.5 Å². The number of nitrogens with two attached hydrogens (primary N) is 2. The summed E-state index contributed by atoms with van der Waals surface area (Å²) in [6, 6.07) is 10.1. The normalized spacial score (nSPS) is 17.8. The van der Waals surface area contributed by atoms with Gasteiger partial charge >= 0.3 is 5.69 Å². The number of hydrogen-bond acceptors (Lipinski definition) is 5. The number of rotatable bonds is 4. The number of benzene rings is 1. The molecule has 0 saturated carbocycles. The summed E-state index contributed by atoms with van der Waals surface area (Å²) >= 11 is 0. The van der Waals surface area contributed by atoms with Crippen LogP contribution in [0.3, 0.4) is 0 Å². The lowest BCUT2D eigenvalue weighted by Gasteiger charge is -2.34. The number of piperidine rings is 1. The molecule has 1 atom stereocenters. The monoisotopic (exact) mass is 352 g/mol. The fraction of sp³-hybridized carbons (Fsp3) is 0.368. The molecule has 4 rings (SSSR count). The number of imidazole rings is 1. The topological polar surface area (TPSA) is 94.6 Å². The number of anilines is 1. The van der Waals surface area contributed by atoms with E-state index < -0.39 is 0 Å². The molecule has 7 heteroatoms. The van der Waals surface area contributed by atoms with Crippen LogP contribution in [0.5, 0.6) is 0 Å². The fourth-order valence-electron chi connectivity index (χ4n) is 3.71. The van der Waals surface area contributed by atoms with Gasteiger partial charge in [-0.15, -0.1) is 0 Å². The molecule has 2 aromatic heterocycles. The van der Waals surface area contributed by atoms with Gasteiger partial charge < -0.3 is 16.4 Å². The highest BCUT2D eigenvalue weighted by atomic mass is 16.1. The molecule has 4 N–H and O–H groups in total. The smallest absolute Gasteiger partial charge is 0.335 e. The summed E-state index contributed by atoms with van der Waals surface area (Å²) in [5.41, 5.74) is 14.7. The standard InChI is InChI=1S/C19H24N6O/c20-11-14-4-1-2-5-15(14)12-25-18(23-8-3-6-16(21)13-23)10-17-22-7-9-24(17)19(25)26/h1-2,4-5,7,9-10,16H,3,6,8,11-13,20-21H2. The molecule has 1 aliphatic rings. The third-order valence-corrected chi connectivity index (χ3v) is 5.09. The molecule has 1 unspecified atom stereocenters. The second-order valence-electron chi connectivity index (χ2n) is 6.85. The zero-order chi connectivity index (χ0) is 18.1. The number of hydrogen-bond donors (Lipinski definition) is 2. The lowest BCUT2D eigenvalue weighted by Crippen LogP contribution is -2.45. The molecular weight excluding hydrogens is 328 g/mol. The van der Waals surface area contributed by atoms with Crippen molar-refractivity contribution < 1.29 is 0 Å². The van der Waals surface area contributed by atoms with E-state index in [0.717, 1.165) is 42.9 Å². The molecule has 3 heterocycles. The minimum atomic E-state index is -0.0963. The van der Waals surface area contributed by atoms with Gasteiger partial charge in [0.05, 0.1) is 6.54 Å². The van der Waals surface area contributed by atoms with Crippen LogP contribution in [0.25, 0.3) is 5.65 Å². The van der Waals surface area contributed by atoms with Crippen LogP contribution in [0.1, 0.15) is 24.0 Å². The van der Waals surface area contributed by atoms with Gasteiger partial charge in [0.25, 0.3) is 0 Å². The van der Waals surface area contributed by atoms with Gasteiger partial charge in [0.15, 0.2) is 0 Å². The zero-order valence-corrected chi connectivity index (χ0v) is 14.7. The van der Waals surface area contributed by atoms with Crippen molar-refractivity contribution in [1.29, 1.82) is 0 Å². The van der Waals surface area contributed by atoms with Crippen molar-refractivity contribution in [3.63, 3.8) is 0 Å². The molecule has 26 heavy (non-hydrogen) atoms. The van der Waals surface area contributed by atoms with E-state index in [9.17, 15) is 4.79 Å². The molecule has 0 bridgehead atoms. The molecule has 1 fully saturated rings. The summed E-state index contributed by atoms with van der Waals surface area (Å²) in [5.74, 6) is 0.871. The van der Waals surface area contributed by atoms with E-state index in [1.54, 1.807) is 21.4 Å². The Kier molecular flexibility index (Phi) is 4.48. The highest BCUT2D eigenvalue weighted by Crippen LogP contribution is 2.21. The van der Waals surface area contributed by atoms with Crippen LogP contribution >= 0.6 is 0 Å². The number of nitrogens with zero attached hydrogens (tertiary/aromatic N) is 4. The summed E-state index contributed by atoms with van der Waals surface area (Å²) < 4.78 is 3.39. The van der Waals surface area contributed by atoms with Crippen LogP contribution in [0.4, 0.5) is 5.82 Å². The van der Waals surface area contributed by atoms with Gasteiger partial charge in [-0.3, -0.25) is 8.97 Å². The first-order valence-electron chi connectivity index (χ1n) is 9.01. The third-order valence-electron chi connectivity index (χ3n) is 5.09. The average molecular weight is 352 g/mol. The predicted octanol–water partition coefficient (Wildman–Crippen LogP) is 0.930. The van der Waals surface area contributed by atoms with Crippen LogP contribution in [0.2, 0.25) is 0 Å².